The minimum Gasteiger partial charge on any atom is -0.326 e. The molecule has 7 heteroatoms. The molecular formula is C24H28N2O3S2. The highest BCUT2D eigenvalue weighted by atomic mass is 32.2. The molecule has 31 heavy (non-hydrogen) atoms. The lowest BCUT2D eigenvalue weighted by Crippen LogP contribution is -2.38. The van der Waals surface area contributed by atoms with Crippen molar-refractivity contribution in [1.29, 1.82) is 0 Å². The molecule has 0 aliphatic carbocycles. The molecule has 5 nitrogen and oxygen atoms in total. The standard InChI is InChI=1S/C24H28N2O3S2/c1-3-20-16-21(17(2)25-24(20)27)22-9-10-23(30-22)31(28,29)26-13-11-19(12-14-26)15-18-7-5-4-6-8-18/h4-10,16,19H,3,11-15H2,1-2H3,(H,25,27). The van der Waals surface area contributed by atoms with Crippen LogP contribution in [0.1, 0.15) is 36.6 Å². The third kappa shape index (κ3) is 4.68. The van der Waals surface area contributed by atoms with E-state index in [2.05, 4.69) is 29.2 Å². The van der Waals surface area contributed by atoms with Gasteiger partial charge < -0.3 is 4.98 Å². The molecule has 1 fully saturated rings. The van der Waals surface area contributed by atoms with Gasteiger partial charge in [-0.3, -0.25) is 4.79 Å². The number of rotatable bonds is 6. The van der Waals surface area contributed by atoms with E-state index in [-0.39, 0.29) is 5.56 Å². The summed E-state index contributed by atoms with van der Waals surface area (Å²) in [5.41, 5.74) is 3.60. The maximum Gasteiger partial charge on any atom is 0.252 e. The van der Waals surface area contributed by atoms with E-state index in [0.29, 0.717) is 35.2 Å². The quantitative estimate of drug-likeness (QED) is 0.588. The molecule has 1 saturated heterocycles. The lowest BCUT2D eigenvalue weighted by molar-refractivity contribution is 0.273. The van der Waals surface area contributed by atoms with Gasteiger partial charge in [0.25, 0.3) is 15.6 Å². The summed E-state index contributed by atoms with van der Waals surface area (Å²) in [6, 6.07) is 15.8. The first-order chi connectivity index (χ1) is 14.9. The first-order valence-electron chi connectivity index (χ1n) is 10.8. The van der Waals surface area contributed by atoms with Crippen LogP contribution in [0.4, 0.5) is 0 Å². The van der Waals surface area contributed by atoms with Gasteiger partial charge in [0, 0.05) is 34.8 Å². The summed E-state index contributed by atoms with van der Waals surface area (Å²) in [6.45, 7) is 4.91. The number of piperidine rings is 1. The minimum absolute atomic E-state index is 0.0773. The van der Waals surface area contributed by atoms with E-state index < -0.39 is 10.0 Å². The van der Waals surface area contributed by atoms with Gasteiger partial charge in [-0.15, -0.1) is 11.3 Å². The molecule has 0 unspecified atom stereocenters. The number of sulfonamides is 1. The predicted molar refractivity (Wildman–Crippen MR) is 126 cm³/mol. The number of H-pyrrole nitrogens is 1. The third-order valence-corrected chi connectivity index (χ3v) is 9.56. The van der Waals surface area contributed by atoms with Crippen LogP contribution >= 0.6 is 11.3 Å². The van der Waals surface area contributed by atoms with E-state index >= 15 is 0 Å². The number of nitrogens with zero attached hydrogens (tertiary/aromatic N) is 1. The van der Waals surface area contributed by atoms with Gasteiger partial charge >= 0.3 is 0 Å². The van der Waals surface area contributed by atoms with Crippen molar-refractivity contribution < 1.29 is 8.42 Å². The maximum absolute atomic E-state index is 13.2. The Kier molecular flexibility index (Phi) is 6.46. The van der Waals surface area contributed by atoms with Crippen molar-refractivity contribution in [3.63, 3.8) is 0 Å². The van der Waals surface area contributed by atoms with Crippen LogP contribution in [0, 0.1) is 12.8 Å². The first-order valence-corrected chi connectivity index (χ1v) is 13.0. The van der Waals surface area contributed by atoms with Gasteiger partial charge in [0.15, 0.2) is 0 Å². The van der Waals surface area contributed by atoms with E-state index in [4.69, 9.17) is 0 Å². The Morgan fingerprint density at radius 2 is 1.81 bits per heavy atom. The number of pyridine rings is 1. The number of hydrogen-bond acceptors (Lipinski definition) is 4. The van der Waals surface area contributed by atoms with E-state index in [1.165, 1.54) is 16.9 Å². The van der Waals surface area contributed by atoms with Crippen LogP contribution in [0.15, 0.2) is 57.5 Å². The second-order valence-electron chi connectivity index (χ2n) is 8.17. The predicted octanol–water partition coefficient (Wildman–Crippen LogP) is 4.62. The van der Waals surface area contributed by atoms with Crippen LogP contribution in [0.2, 0.25) is 0 Å². The lowest BCUT2D eigenvalue weighted by atomic mass is 9.91. The Morgan fingerprint density at radius 3 is 2.48 bits per heavy atom. The monoisotopic (exact) mass is 456 g/mol. The molecule has 1 aliphatic heterocycles. The molecule has 0 atom stereocenters. The van der Waals surface area contributed by atoms with Gasteiger partial charge in [0.05, 0.1) is 0 Å². The number of nitrogens with one attached hydrogen (secondary N) is 1. The summed E-state index contributed by atoms with van der Waals surface area (Å²) in [4.78, 5) is 15.8. The van der Waals surface area contributed by atoms with E-state index in [1.54, 1.807) is 10.4 Å². The van der Waals surface area contributed by atoms with E-state index in [1.807, 2.05) is 32.0 Å². The van der Waals surface area contributed by atoms with Gasteiger partial charge in [-0.05, 0) is 62.3 Å². The molecule has 2 aromatic heterocycles. The van der Waals surface area contributed by atoms with Gasteiger partial charge in [-0.25, -0.2) is 8.42 Å². The summed E-state index contributed by atoms with van der Waals surface area (Å²) < 4.78 is 28.5. The molecule has 0 saturated carbocycles. The highest BCUT2D eigenvalue weighted by Gasteiger charge is 2.30. The summed E-state index contributed by atoms with van der Waals surface area (Å²) in [6.07, 6.45) is 3.40. The molecule has 1 aliphatic rings. The normalized spacial score (nSPS) is 15.9. The molecule has 1 N–H and O–H groups in total. The fourth-order valence-electron chi connectivity index (χ4n) is 4.22. The van der Waals surface area contributed by atoms with Crippen molar-refractivity contribution in [1.82, 2.24) is 9.29 Å². The first kappa shape index (κ1) is 22.0. The Labute approximate surface area is 187 Å². The lowest BCUT2D eigenvalue weighted by Gasteiger charge is -2.30. The van der Waals surface area contributed by atoms with Gasteiger partial charge in [-0.1, -0.05) is 37.3 Å². The number of aromatic amines is 1. The van der Waals surface area contributed by atoms with Crippen LogP contribution in [-0.4, -0.2) is 30.8 Å². The average Bonchev–Trinajstić information content (AvgIpc) is 3.26. The number of aromatic nitrogens is 1. The topological polar surface area (TPSA) is 70.2 Å². The Balaban J connectivity index is 1.48. The van der Waals surface area contributed by atoms with E-state index in [9.17, 15) is 13.2 Å². The zero-order valence-electron chi connectivity index (χ0n) is 17.9. The van der Waals surface area contributed by atoms with Crippen LogP contribution in [0.25, 0.3) is 10.4 Å². The Morgan fingerprint density at radius 1 is 1.10 bits per heavy atom. The van der Waals surface area contributed by atoms with Crippen LogP contribution in [-0.2, 0) is 22.9 Å². The molecule has 1 aromatic carbocycles. The Hall–Kier alpha value is -2.22. The molecule has 3 heterocycles. The fraction of sp³-hybridized carbons (Fsp3) is 0.375. The van der Waals surface area contributed by atoms with Crippen molar-refractivity contribution in [2.24, 2.45) is 5.92 Å². The van der Waals surface area contributed by atoms with E-state index in [0.717, 1.165) is 35.4 Å². The number of benzene rings is 1. The molecule has 0 spiro atoms. The molecular weight excluding hydrogens is 428 g/mol. The third-order valence-electron chi connectivity index (χ3n) is 6.08. The molecule has 4 rings (SSSR count). The SMILES string of the molecule is CCc1cc(-c2ccc(S(=O)(=O)N3CCC(Cc4ccccc4)CC3)s2)c(C)[nH]c1=O. The van der Waals surface area contributed by atoms with Crippen molar-refractivity contribution in [2.45, 2.75) is 43.7 Å². The Bertz CT molecular complexity index is 1210. The van der Waals surface area contributed by atoms with Crippen molar-refractivity contribution >= 4 is 21.4 Å². The molecule has 0 bridgehead atoms. The van der Waals surface area contributed by atoms with Crippen LogP contribution in [0.5, 0.6) is 0 Å². The largest absolute Gasteiger partial charge is 0.326 e. The maximum atomic E-state index is 13.2. The number of hydrogen-bond donors (Lipinski definition) is 1. The van der Waals surface area contributed by atoms with Crippen molar-refractivity contribution in [3.05, 3.63) is 75.7 Å². The summed E-state index contributed by atoms with van der Waals surface area (Å²) in [5, 5.41) is 0. The fourth-order valence-corrected chi connectivity index (χ4v) is 7.22. The minimum atomic E-state index is -3.50. The number of aryl methyl sites for hydroxylation is 2. The second-order valence-corrected chi connectivity index (χ2v) is 11.4. The van der Waals surface area contributed by atoms with Crippen molar-refractivity contribution in [3.8, 4) is 10.4 Å². The van der Waals surface area contributed by atoms with Gasteiger partial charge in [0.1, 0.15) is 4.21 Å². The smallest absolute Gasteiger partial charge is 0.252 e. The zero-order chi connectivity index (χ0) is 22.0. The summed E-state index contributed by atoms with van der Waals surface area (Å²) in [7, 11) is -3.50. The summed E-state index contributed by atoms with van der Waals surface area (Å²) in [5.74, 6) is 0.518. The highest BCUT2D eigenvalue weighted by molar-refractivity contribution is 7.91. The van der Waals surface area contributed by atoms with Gasteiger partial charge in [0.2, 0.25) is 0 Å². The molecule has 0 radical (unpaired) electrons. The molecule has 3 aromatic rings. The second kappa shape index (κ2) is 9.10. The van der Waals surface area contributed by atoms with Gasteiger partial charge in [-0.2, -0.15) is 4.31 Å². The van der Waals surface area contributed by atoms with Crippen LogP contribution < -0.4 is 5.56 Å². The van der Waals surface area contributed by atoms with Crippen LogP contribution in [0.3, 0.4) is 0 Å². The average molecular weight is 457 g/mol. The molecule has 0 amide bonds. The highest BCUT2D eigenvalue weighted by Crippen LogP contribution is 2.35. The molecule has 164 valence electrons. The number of thiophene rings is 1. The zero-order valence-corrected chi connectivity index (χ0v) is 19.6. The summed E-state index contributed by atoms with van der Waals surface area (Å²) >= 11 is 1.28. The van der Waals surface area contributed by atoms with Crippen molar-refractivity contribution in [2.75, 3.05) is 13.1 Å².